The first-order valence-corrected chi connectivity index (χ1v) is 15.2. The van der Waals surface area contributed by atoms with Crippen LogP contribution in [0.1, 0.15) is 44.2 Å². The lowest BCUT2D eigenvalue weighted by atomic mass is 9.68. The molecule has 1 saturated heterocycles. The van der Waals surface area contributed by atoms with E-state index in [2.05, 4.69) is 41.1 Å². The molecule has 1 fully saturated rings. The molecule has 228 valence electrons. The average molecular weight is 584 g/mol. The van der Waals surface area contributed by atoms with E-state index in [0.29, 0.717) is 32.4 Å². The van der Waals surface area contributed by atoms with Gasteiger partial charge in [0.1, 0.15) is 6.23 Å². The molecule has 0 saturated carbocycles. The van der Waals surface area contributed by atoms with E-state index < -0.39 is 23.2 Å². The number of piperidine rings is 1. The number of fused-ring (bicyclic) bond motifs is 2. The molecule has 0 spiro atoms. The number of rotatable bonds is 11. The second-order valence-electron chi connectivity index (χ2n) is 13.1. The predicted octanol–water partition coefficient (Wildman–Crippen LogP) is 3.41. The average Bonchev–Trinajstić information content (AvgIpc) is 2.98. The van der Waals surface area contributed by atoms with Gasteiger partial charge in [0.2, 0.25) is 11.8 Å². The normalized spacial score (nSPS) is 23.3. The highest BCUT2D eigenvalue weighted by Gasteiger charge is 2.46. The van der Waals surface area contributed by atoms with Crippen molar-refractivity contribution in [3.05, 3.63) is 101 Å². The van der Waals surface area contributed by atoms with Crippen molar-refractivity contribution >= 4 is 17.4 Å². The lowest BCUT2D eigenvalue weighted by molar-refractivity contribution is -0.144. The van der Waals surface area contributed by atoms with Crippen LogP contribution in [-0.2, 0) is 16.0 Å². The fourth-order valence-electron chi connectivity index (χ4n) is 6.54. The van der Waals surface area contributed by atoms with E-state index in [9.17, 15) is 14.7 Å². The topological polar surface area (TPSA) is 111 Å². The highest BCUT2D eigenvalue weighted by atomic mass is 16.3. The van der Waals surface area contributed by atoms with Gasteiger partial charge in [-0.1, -0.05) is 78.9 Å². The van der Waals surface area contributed by atoms with Gasteiger partial charge in [-0.2, -0.15) is 0 Å². The Balaban J connectivity index is 1.40. The maximum atomic E-state index is 13.8. The number of nitrogens with one attached hydrogen (secondary N) is 2. The maximum absolute atomic E-state index is 13.8. The standard InChI is InChI=1S/C35H45N5O3/c1-34(2,36)32(42)37-30(21-28-26-16-17-27(29(28)20-26)25-14-9-6-10-15-25)31(41)40-19-11-18-35(23-40,33(43)38-39(3)4)22-24-12-7-5-8-13-24/h5-10,12-17,20,28,30-31,41H,11,18-19,21-23,36H2,1-4H3,(H,37,42)(H,38,43)/t28-,30-,31-,35-/m1/s1. The number of nitrogens with two attached hydrogens (primary N) is 1. The molecule has 2 aromatic carbocycles. The molecule has 43 heavy (non-hydrogen) atoms. The van der Waals surface area contributed by atoms with Crippen LogP contribution in [0.25, 0.3) is 5.57 Å². The molecule has 8 heteroatoms. The highest BCUT2D eigenvalue weighted by Crippen LogP contribution is 2.48. The Morgan fingerprint density at radius 2 is 1.77 bits per heavy atom. The Morgan fingerprint density at radius 1 is 1.09 bits per heavy atom. The molecule has 8 nitrogen and oxygen atoms in total. The van der Waals surface area contributed by atoms with Crippen molar-refractivity contribution in [3.63, 3.8) is 0 Å². The second kappa shape index (κ2) is 12.6. The highest BCUT2D eigenvalue weighted by molar-refractivity contribution is 5.88. The van der Waals surface area contributed by atoms with E-state index in [1.165, 1.54) is 16.7 Å². The van der Waals surface area contributed by atoms with Crippen LogP contribution in [0.5, 0.6) is 0 Å². The number of allylic oxidation sites excluding steroid dienone is 6. The Hall–Kier alpha value is -3.56. The number of hydrogen-bond donors (Lipinski definition) is 4. The Morgan fingerprint density at radius 3 is 2.40 bits per heavy atom. The minimum absolute atomic E-state index is 0.0663. The number of aliphatic hydroxyl groups excluding tert-OH is 1. The summed E-state index contributed by atoms with van der Waals surface area (Å²) in [5.41, 5.74) is 13.1. The molecule has 1 aliphatic heterocycles. The quantitative estimate of drug-likeness (QED) is 0.302. The number of hydrogen-bond acceptors (Lipinski definition) is 6. The molecule has 0 aromatic heterocycles. The van der Waals surface area contributed by atoms with Gasteiger partial charge in [0.15, 0.2) is 0 Å². The van der Waals surface area contributed by atoms with E-state index in [1.807, 2.05) is 53.4 Å². The van der Waals surface area contributed by atoms with Gasteiger partial charge in [-0.05, 0) is 67.4 Å². The van der Waals surface area contributed by atoms with Crippen LogP contribution in [0, 0.1) is 11.3 Å². The molecule has 5 rings (SSSR count). The van der Waals surface area contributed by atoms with E-state index in [-0.39, 0.29) is 17.7 Å². The lowest BCUT2D eigenvalue weighted by Crippen LogP contribution is -2.62. The molecule has 3 aliphatic rings. The van der Waals surface area contributed by atoms with Gasteiger partial charge < -0.3 is 16.2 Å². The third-order valence-electron chi connectivity index (χ3n) is 8.86. The van der Waals surface area contributed by atoms with Gasteiger partial charge in [-0.3, -0.25) is 19.9 Å². The Bertz CT molecular complexity index is 1410. The molecule has 0 unspecified atom stereocenters. The summed E-state index contributed by atoms with van der Waals surface area (Å²) in [6, 6.07) is 19.7. The first kappa shape index (κ1) is 30.9. The number of nitrogens with zero attached hydrogens (tertiary/aromatic N) is 2. The van der Waals surface area contributed by atoms with Gasteiger partial charge in [-0.25, -0.2) is 5.01 Å². The molecule has 5 N–H and O–H groups in total. The molecule has 2 amide bonds. The zero-order chi connectivity index (χ0) is 30.8. The monoisotopic (exact) mass is 583 g/mol. The van der Waals surface area contributed by atoms with E-state index in [0.717, 1.165) is 17.5 Å². The first-order valence-electron chi connectivity index (χ1n) is 15.2. The zero-order valence-electron chi connectivity index (χ0n) is 25.7. The molecule has 1 heterocycles. The number of carbonyl (C=O) groups excluding carboxylic acids is 2. The van der Waals surface area contributed by atoms with Gasteiger partial charge in [0.25, 0.3) is 0 Å². The maximum Gasteiger partial charge on any atom is 0.242 e. The fourth-order valence-corrected chi connectivity index (χ4v) is 6.54. The number of amides is 2. The summed E-state index contributed by atoms with van der Waals surface area (Å²) in [4.78, 5) is 28.9. The minimum Gasteiger partial charge on any atom is -0.376 e. The second-order valence-corrected chi connectivity index (χ2v) is 13.1. The van der Waals surface area contributed by atoms with Crippen LogP contribution in [-0.4, -0.2) is 71.8 Å². The molecule has 2 aromatic rings. The molecular weight excluding hydrogens is 538 g/mol. The first-order chi connectivity index (χ1) is 20.5. The Kier molecular flexibility index (Phi) is 9.04. The SMILES string of the molecule is CN(C)NC(=O)[C@@]1(Cc2ccccc2)CCCN([C@H](O)[C@@H](C[C@@H]2c3ccc(-c4ccccc4)c2c3)NC(=O)C(C)(C)N)C1. The van der Waals surface area contributed by atoms with E-state index in [4.69, 9.17) is 5.73 Å². The molecule has 2 bridgehead atoms. The number of likely N-dealkylation sites (tertiary alicyclic amines) is 1. The van der Waals surface area contributed by atoms with Crippen LogP contribution in [0.2, 0.25) is 0 Å². The van der Waals surface area contributed by atoms with Crippen LogP contribution in [0.3, 0.4) is 0 Å². The summed E-state index contributed by atoms with van der Waals surface area (Å²) in [5.74, 6) is -0.305. The van der Waals surface area contributed by atoms with Gasteiger partial charge in [0.05, 0.1) is 17.0 Å². The summed E-state index contributed by atoms with van der Waals surface area (Å²) in [7, 11) is 3.61. The van der Waals surface area contributed by atoms with Crippen molar-refractivity contribution in [1.29, 1.82) is 0 Å². The molecule has 4 atom stereocenters. The van der Waals surface area contributed by atoms with Crippen molar-refractivity contribution in [1.82, 2.24) is 20.7 Å². The van der Waals surface area contributed by atoms with Gasteiger partial charge in [0, 0.05) is 33.1 Å². The number of hydrazine groups is 1. The fraction of sp³-hybridized carbons (Fsp3) is 0.429. The third-order valence-corrected chi connectivity index (χ3v) is 8.86. The van der Waals surface area contributed by atoms with E-state index in [1.54, 1.807) is 33.0 Å². The van der Waals surface area contributed by atoms with Crippen LogP contribution >= 0.6 is 0 Å². The van der Waals surface area contributed by atoms with Crippen LogP contribution in [0.4, 0.5) is 0 Å². The van der Waals surface area contributed by atoms with Crippen molar-refractivity contribution in [3.8, 4) is 0 Å². The minimum atomic E-state index is -1.11. The zero-order valence-corrected chi connectivity index (χ0v) is 25.7. The van der Waals surface area contributed by atoms with Crippen molar-refractivity contribution in [2.24, 2.45) is 17.1 Å². The third kappa shape index (κ3) is 6.83. The lowest BCUT2D eigenvalue weighted by Gasteiger charge is -2.46. The van der Waals surface area contributed by atoms with Gasteiger partial charge in [-0.15, -0.1) is 0 Å². The number of aliphatic hydroxyl groups is 1. The van der Waals surface area contributed by atoms with Crippen LogP contribution in [0.15, 0.2) is 90.0 Å². The van der Waals surface area contributed by atoms with Gasteiger partial charge >= 0.3 is 0 Å². The molecular formula is C35H45N5O3. The smallest absolute Gasteiger partial charge is 0.242 e. The predicted molar refractivity (Wildman–Crippen MR) is 170 cm³/mol. The largest absolute Gasteiger partial charge is 0.376 e. The summed E-state index contributed by atoms with van der Waals surface area (Å²) in [5, 5.41) is 16.8. The summed E-state index contributed by atoms with van der Waals surface area (Å²) in [6.45, 7) is 4.33. The van der Waals surface area contributed by atoms with Crippen molar-refractivity contribution < 1.29 is 14.7 Å². The Labute approximate surface area is 255 Å². The van der Waals surface area contributed by atoms with E-state index >= 15 is 0 Å². The number of benzene rings is 2. The summed E-state index contributed by atoms with van der Waals surface area (Å²) < 4.78 is 0. The summed E-state index contributed by atoms with van der Waals surface area (Å²) >= 11 is 0. The van der Waals surface area contributed by atoms with Crippen LogP contribution < -0.4 is 16.5 Å². The number of carbonyl (C=O) groups is 2. The molecule has 2 aliphatic carbocycles. The van der Waals surface area contributed by atoms with Crippen molar-refractivity contribution in [2.45, 2.75) is 57.3 Å². The summed E-state index contributed by atoms with van der Waals surface area (Å²) in [6.07, 6.45) is 8.00. The molecule has 0 radical (unpaired) electrons. The van der Waals surface area contributed by atoms with Crippen molar-refractivity contribution in [2.75, 3.05) is 27.2 Å².